The van der Waals surface area contributed by atoms with E-state index >= 15 is 0 Å². The van der Waals surface area contributed by atoms with E-state index in [1.807, 2.05) is 38.1 Å². The van der Waals surface area contributed by atoms with Gasteiger partial charge >= 0.3 is 5.97 Å². The number of carboxylic acids is 1. The van der Waals surface area contributed by atoms with Crippen LogP contribution in [0.25, 0.3) is 0 Å². The summed E-state index contributed by atoms with van der Waals surface area (Å²) in [5.74, 6) is 0.0533. The first-order valence-electron chi connectivity index (χ1n) is 6.07. The number of hydrogen-bond acceptors (Lipinski definition) is 2. The van der Waals surface area contributed by atoms with Crippen LogP contribution in [0, 0.1) is 0 Å². The molecule has 0 aliphatic heterocycles. The quantitative estimate of drug-likeness (QED) is 0.876. The van der Waals surface area contributed by atoms with Crippen molar-refractivity contribution in [1.82, 2.24) is 0 Å². The second-order valence-electron chi connectivity index (χ2n) is 3.97. The lowest BCUT2D eigenvalue weighted by Gasteiger charge is -2.38. The van der Waals surface area contributed by atoms with Gasteiger partial charge in [0, 0.05) is 0 Å². The highest BCUT2D eigenvalue weighted by atomic mass is 16.5. The Morgan fingerprint density at radius 1 is 1.24 bits per heavy atom. The van der Waals surface area contributed by atoms with Gasteiger partial charge in [0.2, 0.25) is 0 Å². The van der Waals surface area contributed by atoms with E-state index in [-0.39, 0.29) is 0 Å². The summed E-state index contributed by atoms with van der Waals surface area (Å²) >= 11 is 0. The third-order valence-corrected chi connectivity index (χ3v) is 3.26. The number of ether oxygens (including phenoxy) is 1. The first kappa shape index (κ1) is 13.6. The van der Waals surface area contributed by atoms with E-state index in [2.05, 4.69) is 0 Å². The smallest absolute Gasteiger partial charge is 0.314 e. The lowest BCUT2D eigenvalue weighted by molar-refractivity contribution is -0.147. The van der Waals surface area contributed by atoms with Crippen molar-refractivity contribution in [2.45, 2.75) is 38.5 Å². The van der Waals surface area contributed by atoms with E-state index in [4.69, 9.17) is 4.74 Å². The molecular weight excluding hydrogens is 216 g/mol. The van der Waals surface area contributed by atoms with E-state index in [0.717, 1.165) is 30.6 Å². The van der Waals surface area contributed by atoms with Gasteiger partial charge in [-0.1, -0.05) is 32.4 Å². The molecule has 1 aliphatic rings. The van der Waals surface area contributed by atoms with Crippen molar-refractivity contribution in [3.05, 3.63) is 29.8 Å². The van der Waals surface area contributed by atoms with Crippen molar-refractivity contribution in [2.75, 3.05) is 7.11 Å². The minimum Gasteiger partial charge on any atom is -0.497 e. The molecule has 1 aromatic carbocycles. The molecule has 1 fully saturated rings. The average molecular weight is 236 g/mol. The average Bonchev–Trinajstić information content (AvgIpc) is 2.31. The molecule has 2 rings (SSSR count). The monoisotopic (exact) mass is 236 g/mol. The Balaban J connectivity index is 0.000000686. The summed E-state index contributed by atoms with van der Waals surface area (Å²) in [5, 5.41) is 9.23. The highest BCUT2D eigenvalue weighted by Crippen LogP contribution is 2.44. The normalized spacial score (nSPS) is 16.2. The summed E-state index contributed by atoms with van der Waals surface area (Å²) in [7, 11) is 1.60. The second-order valence-corrected chi connectivity index (χ2v) is 3.97. The maximum Gasteiger partial charge on any atom is 0.314 e. The zero-order valence-electron chi connectivity index (χ0n) is 10.7. The Bertz CT molecular complexity index is 364. The predicted molar refractivity (Wildman–Crippen MR) is 67.5 cm³/mol. The molecule has 1 aromatic rings. The second kappa shape index (κ2) is 5.71. The maximum atomic E-state index is 11.2. The molecule has 0 amide bonds. The fourth-order valence-corrected chi connectivity index (χ4v) is 2.07. The molecule has 17 heavy (non-hydrogen) atoms. The topological polar surface area (TPSA) is 46.5 Å². The highest BCUT2D eigenvalue weighted by molar-refractivity contribution is 5.82. The minimum absolute atomic E-state index is 0.633. The Hall–Kier alpha value is -1.51. The van der Waals surface area contributed by atoms with Crippen LogP contribution in [0.1, 0.15) is 38.7 Å². The first-order chi connectivity index (χ1) is 8.19. The van der Waals surface area contributed by atoms with Gasteiger partial charge in [0.25, 0.3) is 0 Å². The molecule has 3 nitrogen and oxygen atoms in total. The summed E-state index contributed by atoms with van der Waals surface area (Å²) in [5.41, 5.74) is 0.258. The molecular formula is C14H20O3. The molecule has 1 aliphatic carbocycles. The molecule has 1 saturated carbocycles. The molecule has 0 saturated heterocycles. The van der Waals surface area contributed by atoms with Crippen LogP contribution in [0.4, 0.5) is 0 Å². The lowest BCUT2D eigenvalue weighted by atomic mass is 9.64. The Kier molecular flexibility index (Phi) is 4.55. The fraction of sp³-hybridized carbons (Fsp3) is 0.500. The van der Waals surface area contributed by atoms with E-state index in [0.29, 0.717) is 0 Å². The molecule has 0 heterocycles. The third kappa shape index (κ3) is 2.43. The van der Waals surface area contributed by atoms with Gasteiger partial charge in [0.15, 0.2) is 0 Å². The van der Waals surface area contributed by atoms with Crippen molar-refractivity contribution >= 4 is 5.97 Å². The van der Waals surface area contributed by atoms with E-state index in [9.17, 15) is 9.90 Å². The summed E-state index contributed by atoms with van der Waals surface area (Å²) in [6, 6.07) is 7.34. The molecule has 0 radical (unpaired) electrons. The lowest BCUT2D eigenvalue weighted by Crippen LogP contribution is -2.42. The van der Waals surface area contributed by atoms with E-state index in [1.54, 1.807) is 7.11 Å². The van der Waals surface area contributed by atoms with Gasteiger partial charge < -0.3 is 9.84 Å². The Morgan fingerprint density at radius 2 is 1.76 bits per heavy atom. The molecule has 0 bridgehead atoms. The molecule has 0 spiro atoms. The van der Waals surface area contributed by atoms with Crippen molar-refractivity contribution < 1.29 is 14.6 Å². The van der Waals surface area contributed by atoms with Crippen LogP contribution in [-0.4, -0.2) is 18.2 Å². The number of rotatable bonds is 3. The largest absolute Gasteiger partial charge is 0.497 e. The van der Waals surface area contributed by atoms with Gasteiger partial charge in [0.05, 0.1) is 12.5 Å². The fourth-order valence-electron chi connectivity index (χ4n) is 2.07. The van der Waals surface area contributed by atoms with E-state index in [1.165, 1.54) is 0 Å². The number of carbonyl (C=O) groups is 1. The summed E-state index contributed by atoms with van der Waals surface area (Å²) in [6.45, 7) is 4.00. The number of methoxy groups -OCH3 is 1. The molecule has 1 N–H and O–H groups in total. The maximum absolute atomic E-state index is 11.2. The number of carboxylic acid groups (broad SMARTS) is 1. The first-order valence-corrected chi connectivity index (χ1v) is 6.07. The van der Waals surface area contributed by atoms with Crippen LogP contribution in [0.5, 0.6) is 5.75 Å². The third-order valence-electron chi connectivity index (χ3n) is 3.26. The molecule has 0 aromatic heterocycles. The van der Waals surface area contributed by atoms with Crippen molar-refractivity contribution in [3.63, 3.8) is 0 Å². The highest BCUT2D eigenvalue weighted by Gasteiger charge is 2.45. The number of aliphatic carboxylic acids is 1. The van der Waals surface area contributed by atoms with Crippen LogP contribution in [-0.2, 0) is 10.2 Å². The zero-order chi connectivity index (χ0) is 12.9. The van der Waals surface area contributed by atoms with Gasteiger partial charge in [-0.15, -0.1) is 0 Å². The van der Waals surface area contributed by atoms with Crippen LogP contribution >= 0.6 is 0 Å². The van der Waals surface area contributed by atoms with Crippen LogP contribution in [0.15, 0.2) is 24.3 Å². The number of hydrogen-bond donors (Lipinski definition) is 1. The van der Waals surface area contributed by atoms with Crippen LogP contribution in [0.3, 0.4) is 0 Å². The van der Waals surface area contributed by atoms with Crippen LogP contribution < -0.4 is 4.74 Å². The SMILES string of the molecule is CC.COc1ccc(C2(C(=O)O)CCC2)cc1. The van der Waals surface area contributed by atoms with Gasteiger partial charge in [-0.2, -0.15) is 0 Å². The molecule has 0 unspecified atom stereocenters. The molecule has 94 valence electrons. The minimum atomic E-state index is -0.709. The van der Waals surface area contributed by atoms with Crippen molar-refractivity contribution in [1.29, 1.82) is 0 Å². The Labute approximate surface area is 102 Å². The molecule has 0 atom stereocenters. The van der Waals surface area contributed by atoms with Crippen molar-refractivity contribution in [2.24, 2.45) is 0 Å². The van der Waals surface area contributed by atoms with Gasteiger partial charge in [-0.05, 0) is 30.5 Å². The van der Waals surface area contributed by atoms with E-state index < -0.39 is 11.4 Å². The van der Waals surface area contributed by atoms with Gasteiger partial charge in [0.1, 0.15) is 5.75 Å². The Morgan fingerprint density at radius 3 is 2.06 bits per heavy atom. The summed E-state index contributed by atoms with van der Waals surface area (Å²) < 4.78 is 5.05. The van der Waals surface area contributed by atoms with Gasteiger partial charge in [-0.3, -0.25) is 4.79 Å². The van der Waals surface area contributed by atoms with Gasteiger partial charge in [-0.25, -0.2) is 0 Å². The summed E-state index contributed by atoms with van der Waals surface area (Å²) in [6.07, 6.45) is 2.49. The molecule has 3 heteroatoms. The summed E-state index contributed by atoms with van der Waals surface area (Å²) in [4.78, 5) is 11.2. The zero-order valence-corrected chi connectivity index (χ0v) is 10.7. The predicted octanol–water partition coefficient (Wildman–Crippen LogP) is 3.23. The van der Waals surface area contributed by atoms with Crippen LogP contribution in [0.2, 0.25) is 0 Å². The van der Waals surface area contributed by atoms with Crippen molar-refractivity contribution in [3.8, 4) is 5.75 Å². The number of benzene rings is 1. The standard InChI is InChI=1S/C12H14O3.C2H6/c1-15-10-5-3-9(4-6-10)12(11(13)14)7-2-8-12;1-2/h3-6H,2,7-8H2,1H3,(H,13,14);1-2H3.